The van der Waals surface area contributed by atoms with Crippen molar-refractivity contribution in [1.29, 1.82) is 0 Å². The molecular weight excluding hydrogens is 156 g/mol. The van der Waals surface area contributed by atoms with Gasteiger partial charge in [0.1, 0.15) is 0 Å². The van der Waals surface area contributed by atoms with Gasteiger partial charge in [0.2, 0.25) is 0 Å². The highest BCUT2D eigenvalue weighted by atomic mass is 17.1. The number of hydrogen-bond donors (Lipinski definition) is 2. The van der Waals surface area contributed by atoms with Crippen LogP contribution in [-0.4, -0.2) is 23.6 Å². The van der Waals surface area contributed by atoms with Crippen molar-refractivity contribution in [3.05, 3.63) is 24.3 Å². The minimum atomic E-state index is 0.0691. The van der Waals surface area contributed by atoms with Gasteiger partial charge in [-0.2, -0.15) is 0 Å². The van der Waals surface area contributed by atoms with E-state index in [0.717, 1.165) is 6.42 Å². The average molecular weight is 172 g/mol. The van der Waals surface area contributed by atoms with Crippen LogP contribution in [0.25, 0.3) is 0 Å². The molecule has 0 spiro atoms. The Morgan fingerprint density at radius 1 is 1.33 bits per heavy atom. The fraction of sp³-hybridized carbons (Fsp3) is 0.556. The summed E-state index contributed by atoms with van der Waals surface area (Å²) in [6.45, 7) is 2.41. The van der Waals surface area contributed by atoms with E-state index in [-0.39, 0.29) is 6.61 Å². The number of allylic oxidation sites excluding steroid dienone is 3. The van der Waals surface area contributed by atoms with Crippen LogP contribution in [-0.2, 0) is 4.89 Å². The van der Waals surface area contributed by atoms with E-state index in [4.69, 9.17) is 10.4 Å². The van der Waals surface area contributed by atoms with Crippen LogP contribution >= 0.6 is 0 Å². The quantitative estimate of drug-likeness (QED) is 0.363. The van der Waals surface area contributed by atoms with Crippen molar-refractivity contribution in [3.63, 3.8) is 0 Å². The topological polar surface area (TPSA) is 49.7 Å². The second-order valence-electron chi connectivity index (χ2n) is 2.68. The maximum Gasteiger partial charge on any atom is 0.0848 e. The molecule has 0 aliphatic heterocycles. The standard InChI is InChI=1S/C9H16O3/c1-9(8-12-11)6-4-2-3-5-7-10/h2-5,9-11H,6-8H2,1H3/b4-2+,5-3+. The summed E-state index contributed by atoms with van der Waals surface area (Å²) in [4.78, 5) is 3.99. The Hall–Kier alpha value is -0.640. The van der Waals surface area contributed by atoms with Crippen molar-refractivity contribution in [2.75, 3.05) is 13.2 Å². The van der Waals surface area contributed by atoms with Gasteiger partial charge in [0.05, 0.1) is 13.2 Å². The zero-order valence-corrected chi connectivity index (χ0v) is 7.31. The molecule has 0 aromatic heterocycles. The highest BCUT2D eigenvalue weighted by Crippen LogP contribution is 2.02. The lowest BCUT2D eigenvalue weighted by Gasteiger charge is -2.03. The van der Waals surface area contributed by atoms with Crippen LogP contribution in [0.15, 0.2) is 24.3 Å². The predicted molar refractivity (Wildman–Crippen MR) is 47.7 cm³/mol. The van der Waals surface area contributed by atoms with Gasteiger partial charge >= 0.3 is 0 Å². The zero-order valence-electron chi connectivity index (χ0n) is 7.31. The molecule has 0 aliphatic rings. The number of aliphatic hydroxyl groups excluding tert-OH is 1. The van der Waals surface area contributed by atoms with E-state index < -0.39 is 0 Å². The molecule has 70 valence electrons. The zero-order chi connectivity index (χ0) is 9.23. The van der Waals surface area contributed by atoms with Gasteiger partial charge in [0.25, 0.3) is 0 Å². The summed E-state index contributed by atoms with van der Waals surface area (Å²) in [7, 11) is 0. The second-order valence-corrected chi connectivity index (χ2v) is 2.68. The maximum atomic E-state index is 8.39. The molecule has 1 unspecified atom stereocenters. The Morgan fingerprint density at radius 3 is 2.58 bits per heavy atom. The SMILES string of the molecule is CC(C/C=C/C=C/CO)COO. The van der Waals surface area contributed by atoms with E-state index in [0.29, 0.717) is 12.5 Å². The van der Waals surface area contributed by atoms with Gasteiger partial charge in [0, 0.05) is 0 Å². The first-order valence-corrected chi connectivity index (χ1v) is 4.00. The first kappa shape index (κ1) is 11.4. The van der Waals surface area contributed by atoms with Crippen molar-refractivity contribution in [3.8, 4) is 0 Å². The van der Waals surface area contributed by atoms with E-state index in [1.54, 1.807) is 12.2 Å². The van der Waals surface area contributed by atoms with Crippen molar-refractivity contribution < 1.29 is 15.3 Å². The summed E-state index contributed by atoms with van der Waals surface area (Å²) < 4.78 is 0. The summed E-state index contributed by atoms with van der Waals surface area (Å²) >= 11 is 0. The molecule has 0 amide bonds. The number of aliphatic hydroxyl groups is 1. The van der Waals surface area contributed by atoms with Gasteiger partial charge in [-0.15, -0.1) is 0 Å². The van der Waals surface area contributed by atoms with Crippen molar-refractivity contribution >= 4 is 0 Å². The van der Waals surface area contributed by atoms with E-state index in [2.05, 4.69) is 4.89 Å². The molecular formula is C9H16O3. The van der Waals surface area contributed by atoms with E-state index in [1.807, 2.05) is 19.1 Å². The van der Waals surface area contributed by atoms with Gasteiger partial charge in [0.15, 0.2) is 0 Å². The van der Waals surface area contributed by atoms with E-state index in [1.165, 1.54) is 0 Å². The highest BCUT2D eigenvalue weighted by Gasteiger charge is 1.97. The van der Waals surface area contributed by atoms with Crippen LogP contribution in [0.4, 0.5) is 0 Å². The molecule has 0 aromatic carbocycles. The molecule has 1 atom stereocenters. The molecule has 0 aliphatic carbocycles. The molecule has 0 bridgehead atoms. The lowest BCUT2D eigenvalue weighted by molar-refractivity contribution is -0.249. The van der Waals surface area contributed by atoms with Crippen LogP contribution in [0.1, 0.15) is 13.3 Å². The third-order valence-corrected chi connectivity index (χ3v) is 1.39. The van der Waals surface area contributed by atoms with Crippen LogP contribution in [0, 0.1) is 5.92 Å². The molecule has 2 N–H and O–H groups in total. The molecule has 0 aromatic rings. The Balaban J connectivity index is 3.39. The van der Waals surface area contributed by atoms with Gasteiger partial charge in [-0.3, -0.25) is 5.26 Å². The van der Waals surface area contributed by atoms with Crippen molar-refractivity contribution in [2.24, 2.45) is 5.92 Å². The minimum Gasteiger partial charge on any atom is -0.392 e. The fourth-order valence-corrected chi connectivity index (χ4v) is 0.724. The van der Waals surface area contributed by atoms with E-state index >= 15 is 0 Å². The minimum absolute atomic E-state index is 0.0691. The summed E-state index contributed by atoms with van der Waals surface area (Å²) in [6, 6.07) is 0. The van der Waals surface area contributed by atoms with Gasteiger partial charge < -0.3 is 5.11 Å². The summed E-state index contributed by atoms with van der Waals surface area (Å²) in [5, 5.41) is 16.5. The number of rotatable bonds is 6. The molecule has 0 radical (unpaired) electrons. The lowest BCUT2D eigenvalue weighted by Crippen LogP contribution is -2.01. The summed E-state index contributed by atoms with van der Waals surface area (Å²) in [5.41, 5.74) is 0. The van der Waals surface area contributed by atoms with Gasteiger partial charge in [-0.25, -0.2) is 4.89 Å². The maximum absolute atomic E-state index is 8.39. The monoisotopic (exact) mass is 172 g/mol. The largest absolute Gasteiger partial charge is 0.392 e. The first-order chi connectivity index (χ1) is 5.81. The molecule has 0 fully saturated rings. The second kappa shape index (κ2) is 8.46. The molecule has 0 rings (SSSR count). The Morgan fingerprint density at radius 2 is 2.00 bits per heavy atom. The molecule has 0 heterocycles. The predicted octanol–water partition coefficient (Wildman–Crippen LogP) is 1.61. The smallest absolute Gasteiger partial charge is 0.0848 e. The van der Waals surface area contributed by atoms with Crippen LogP contribution in [0.2, 0.25) is 0 Å². The Labute approximate surface area is 72.9 Å². The molecule has 3 heteroatoms. The number of hydrogen-bond acceptors (Lipinski definition) is 3. The normalized spacial score (nSPS) is 14.6. The Bertz CT molecular complexity index is 141. The molecule has 0 saturated carbocycles. The van der Waals surface area contributed by atoms with Crippen LogP contribution in [0.3, 0.4) is 0 Å². The van der Waals surface area contributed by atoms with E-state index in [9.17, 15) is 0 Å². The van der Waals surface area contributed by atoms with Crippen molar-refractivity contribution in [2.45, 2.75) is 13.3 Å². The fourth-order valence-electron chi connectivity index (χ4n) is 0.724. The van der Waals surface area contributed by atoms with Gasteiger partial charge in [-0.05, 0) is 12.3 Å². The molecule has 12 heavy (non-hydrogen) atoms. The summed E-state index contributed by atoms with van der Waals surface area (Å²) in [5.74, 6) is 0.314. The highest BCUT2D eigenvalue weighted by molar-refractivity contribution is 5.02. The Kier molecular flexibility index (Phi) is 8.01. The third kappa shape index (κ3) is 7.47. The van der Waals surface area contributed by atoms with Crippen molar-refractivity contribution in [1.82, 2.24) is 0 Å². The third-order valence-electron chi connectivity index (χ3n) is 1.39. The van der Waals surface area contributed by atoms with Crippen LogP contribution < -0.4 is 0 Å². The average Bonchev–Trinajstić information content (AvgIpc) is 2.05. The van der Waals surface area contributed by atoms with Gasteiger partial charge in [-0.1, -0.05) is 31.2 Å². The summed E-state index contributed by atoms with van der Waals surface area (Å²) in [6.07, 6.45) is 8.13. The molecule has 0 saturated heterocycles. The first-order valence-electron chi connectivity index (χ1n) is 4.00. The lowest BCUT2D eigenvalue weighted by atomic mass is 10.1. The molecule has 3 nitrogen and oxygen atoms in total. The van der Waals surface area contributed by atoms with Crippen LogP contribution in [0.5, 0.6) is 0 Å².